The van der Waals surface area contributed by atoms with Gasteiger partial charge in [0.15, 0.2) is 0 Å². The van der Waals surface area contributed by atoms with Crippen LogP contribution in [0.4, 0.5) is 11.4 Å². The van der Waals surface area contributed by atoms with Gasteiger partial charge < -0.3 is 21.1 Å². The molecule has 0 unspecified atom stereocenters. The van der Waals surface area contributed by atoms with Crippen molar-refractivity contribution in [1.29, 1.82) is 0 Å². The first-order valence-corrected chi connectivity index (χ1v) is 5.54. The standard InChI is InChI=1S/C12H21N3O/c1-10-9-11(3-4-12(10)13)15(2)7-5-14-6-8-16/h3-4,9,14,16H,5-8,13H2,1-2H3. The molecule has 16 heavy (non-hydrogen) atoms. The summed E-state index contributed by atoms with van der Waals surface area (Å²) < 4.78 is 0. The molecule has 0 saturated heterocycles. The molecule has 1 rings (SSSR count). The molecule has 1 aromatic rings. The first-order chi connectivity index (χ1) is 7.65. The van der Waals surface area contributed by atoms with Gasteiger partial charge in [-0.2, -0.15) is 0 Å². The monoisotopic (exact) mass is 223 g/mol. The maximum absolute atomic E-state index is 8.63. The van der Waals surface area contributed by atoms with E-state index in [0.29, 0.717) is 6.54 Å². The second-order valence-electron chi connectivity index (χ2n) is 3.94. The Morgan fingerprint density at radius 1 is 1.38 bits per heavy atom. The number of nitrogen functional groups attached to an aromatic ring is 1. The summed E-state index contributed by atoms with van der Waals surface area (Å²) in [5.41, 5.74) is 8.87. The molecule has 0 aliphatic heterocycles. The lowest BCUT2D eigenvalue weighted by molar-refractivity contribution is 0.293. The summed E-state index contributed by atoms with van der Waals surface area (Å²) in [7, 11) is 2.05. The zero-order chi connectivity index (χ0) is 12.0. The van der Waals surface area contributed by atoms with Gasteiger partial charge in [-0.15, -0.1) is 0 Å². The molecule has 0 bridgehead atoms. The number of nitrogens with two attached hydrogens (primary N) is 1. The van der Waals surface area contributed by atoms with Crippen molar-refractivity contribution >= 4 is 11.4 Å². The van der Waals surface area contributed by atoms with Crippen molar-refractivity contribution in [3.05, 3.63) is 23.8 Å². The largest absolute Gasteiger partial charge is 0.399 e. The number of nitrogens with zero attached hydrogens (tertiary/aromatic N) is 1. The predicted molar refractivity (Wildman–Crippen MR) is 68.8 cm³/mol. The average molecular weight is 223 g/mol. The molecule has 0 heterocycles. The van der Waals surface area contributed by atoms with Gasteiger partial charge >= 0.3 is 0 Å². The summed E-state index contributed by atoms with van der Waals surface area (Å²) in [4.78, 5) is 2.16. The highest BCUT2D eigenvalue weighted by Gasteiger charge is 2.01. The Morgan fingerprint density at radius 2 is 2.12 bits per heavy atom. The Labute approximate surface area is 97.1 Å². The normalized spacial score (nSPS) is 10.4. The second kappa shape index (κ2) is 6.35. The van der Waals surface area contributed by atoms with Crippen LogP contribution in [0.1, 0.15) is 5.56 Å². The van der Waals surface area contributed by atoms with Crippen LogP contribution in [0.2, 0.25) is 0 Å². The van der Waals surface area contributed by atoms with Gasteiger partial charge in [-0.05, 0) is 30.7 Å². The predicted octanol–water partition coefficient (Wildman–Crippen LogP) is 0.595. The first kappa shape index (κ1) is 12.8. The third-order valence-electron chi connectivity index (χ3n) is 2.61. The lowest BCUT2D eigenvalue weighted by atomic mass is 10.2. The van der Waals surface area contributed by atoms with Gasteiger partial charge in [0.2, 0.25) is 0 Å². The Bertz CT molecular complexity index is 328. The average Bonchev–Trinajstić information content (AvgIpc) is 2.28. The summed E-state index contributed by atoms with van der Waals surface area (Å²) in [6.45, 7) is 4.61. The number of nitrogens with one attached hydrogen (secondary N) is 1. The quantitative estimate of drug-likeness (QED) is 0.488. The Hall–Kier alpha value is -1.26. The number of likely N-dealkylation sites (N-methyl/N-ethyl adjacent to an activating group) is 1. The Balaban J connectivity index is 2.46. The van der Waals surface area contributed by atoms with E-state index in [1.165, 1.54) is 0 Å². The molecule has 4 heteroatoms. The molecule has 0 saturated carbocycles. The van der Waals surface area contributed by atoms with Gasteiger partial charge in [-0.3, -0.25) is 0 Å². The van der Waals surface area contributed by atoms with E-state index in [1.54, 1.807) is 0 Å². The smallest absolute Gasteiger partial charge is 0.0555 e. The highest BCUT2D eigenvalue weighted by molar-refractivity contribution is 5.57. The molecule has 1 aromatic carbocycles. The molecular weight excluding hydrogens is 202 g/mol. The van der Waals surface area contributed by atoms with Crippen LogP contribution in [0.3, 0.4) is 0 Å². The van der Waals surface area contributed by atoms with Crippen molar-refractivity contribution in [2.75, 3.05) is 43.9 Å². The van der Waals surface area contributed by atoms with E-state index in [9.17, 15) is 0 Å². The van der Waals surface area contributed by atoms with Gasteiger partial charge in [-0.1, -0.05) is 0 Å². The minimum atomic E-state index is 0.185. The summed E-state index contributed by atoms with van der Waals surface area (Å²) in [5, 5.41) is 11.8. The number of rotatable bonds is 6. The zero-order valence-electron chi connectivity index (χ0n) is 10.0. The van der Waals surface area contributed by atoms with E-state index in [-0.39, 0.29) is 6.61 Å². The SMILES string of the molecule is Cc1cc(N(C)CCNCCO)ccc1N. The number of benzene rings is 1. The van der Waals surface area contributed by atoms with Gasteiger partial charge in [-0.25, -0.2) is 0 Å². The number of aliphatic hydroxyl groups is 1. The van der Waals surface area contributed by atoms with Crippen molar-refractivity contribution in [2.45, 2.75) is 6.92 Å². The maximum Gasteiger partial charge on any atom is 0.0555 e. The highest BCUT2D eigenvalue weighted by Crippen LogP contribution is 2.18. The molecule has 0 aliphatic carbocycles. The summed E-state index contributed by atoms with van der Waals surface area (Å²) in [6, 6.07) is 6.04. The van der Waals surface area contributed by atoms with Gasteiger partial charge in [0.1, 0.15) is 0 Å². The van der Waals surface area contributed by atoms with Gasteiger partial charge in [0.05, 0.1) is 6.61 Å². The van der Waals surface area contributed by atoms with Crippen molar-refractivity contribution in [3.63, 3.8) is 0 Å². The molecule has 0 fully saturated rings. The molecule has 90 valence electrons. The number of hydrogen-bond acceptors (Lipinski definition) is 4. The van der Waals surface area contributed by atoms with Crippen molar-refractivity contribution < 1.29 is 5.11 Å². The van der Waals surface area contributed by atoms with E-state index in [0.717, 1.165) is 30.0 Å². The molecule has 0 radical (unpaired) electrons. The van der Waals surface area contributed by atoms with Gasteiger partial charge in [0, 0.05) is 38.1 Å². The lowest BCUT2D eigenvalue weighted by Gasteiger charge is -2.20. The molecule has 4 N–H and O–H groups in total. The van der Waals surface area contributed by atoms with Crippen LogP contribution >= 0.6 is 0 Å². The minimum Gasteiger partial charge on any atom is -0.399 e. The Kier molecular flexibility index (Phi) is 5.08. The van der Waals surface area contributed by atoms with Crippen molar-refractivity contribution in [2.24, 2.45) is 0 Å². The van der Waals surface area contributed by atoms with Crippen LogP contribution in [-0.4, -0.2) is 38.4 Å². The summed E-state index contributed by atoms with van der Waals surface area (Å²) >= 11 is 0. The van der Waals surface area contributed by atoms with Crippen LogP contribution < -0.4 is 16.0 Å². The molecular formula is C12H21N3O. The summed E-state index contributed by atoms with van der Waals surface area (Å²) in [6.07, 6.45) is 0. The lowest BCUT2D eigenvalue weighted by Crippen LogP contribution is -2.30. The van der Waals surface area contributed by atoms with Crippen LogP contribution in [0.5, 0.6) is 0 Å². The molecule has 0 aliphatic rings. The molecule has 4 nitrogen and oxygen atoms in total. The van der Waals surface area contributed by atoms with Crippen LogP contribution in [0, 0.1) is 6.92 Å². The van der Waals surface area contributed by atoms with Crippen LogP contribution in [-0.2, 0) is 0 Å². The number of anilines is 2. The fourth-order valence-corrected chi connectivity index (χ4v) is 1.48. The van der Waals surface area contributed by atoms with Crippen molar-refractivity contribution in [1.82, 2.24) is 5.32 Å². The fraction of sp³-hybridized carbons (Fsp3) is 0.500. The molecule has 0 amide bonds. The number of hydrogen-bond donors (Lipinski definition) is 3. The van der Waals surface area contributed by atoms with E-state index in [1.807, 2.05) is 26.1 Å². The topological polar surface area (TPSA) is 61.5 Å². The van der Waals surface area contributed by atoms with E-state index in [2.05, 4.69) is 16.3 Å². The molecule has 0 atom stereocenters. The van der Waals surface area contributed by atoms with E-state index in [4.69, 9.17) is 10.8 Å². The van der Waals surface area contributed by atoms with Gasteiger partial charge in [0.25, 0.3) is 0 Å². The molecule has 0 aromatic heterocycles. The second-order valence-corrected chi connectivity index (χ2v) is 3.94. The zero-order valence-corrected chi connectivity index (χ0v) is 10.0. The fourth-order valence-electron chi connectivity index (χ4n) is 1.48. The number of aryl methyl sites for hydroxylation is 1. The van der Waals surface area contributed by atoms with Crippen molar-refractivity contribution in [3.8, 4) is 0 Å². The van der Waals surface area contributed by atoms with E-state index < -0.39 is 0 Å². The maximum atomic E-state index is 8.63. The summed E-state index contributed by atoms with van der Waals surface area (Å²) in [5.74, 6) is 0. The third-order valence-corrected chi connectivity index (χ3v) is 2.61. The highest BCUT2D eigenvalue weighted by atomic mass is 16.3. The molecule has 0 spiro atoms. The van der Waals surface area contributed by atoms with Crippen LogP contribution in [0.15, 0.2) is 18.2 Å². The van der Waals surface area contributed by atoms with E-state index >= 15 is 0 Å². The van der Waals surface area contributed by atoms with Crippen LogP contribution in [0.25, 0.3) is 0 Å². The first-order valence-electron chi connectivity index (χ1n) is 5.54. The third kappa shape index (κ3) is 3.72. The number of aliphatic hydroxyl groups excluding tert-OH is 1. The Morgan fingerprint density at radius 3 is 2.75 bits per heavy atom. The minimum absolute atomic E-state index is 0.185.